The van der Waals surface area contributed by atoms with E-state index in [0.29, 0.717) is 9.32 Å². The van der Waals surface area contributed by atoms with Crippen LogP contribution in [0, 0.1) is 3.57 Å². The first kappa shape index (κ1) is 21.2. The molecule has 0 fully saturated rings. The molecular formula is C18H14F3IN2O2S. The molecule has 0 radical (unpaired) electrons. The lowest BCUT2D eigenvalue weighted by molar-refractivity contribution is -0.137. The van der Waals surface area contributed by atoms with E-state index in [1.165, 1.54) is 18.2 Å². The Balaban J connectivity index is 2.01. The fourth-order valence-electron chi connectivity index (χ4n) is 2.05. The molecule has 2 aromatic rings. The normalized spacial score (nSPS) is 11.3. The van der Waals surface area contributed by atoms with E-state index in [9.17, 15) is 18.0 Å². The van der Waals surface area contributed by atoms with E-state index in [0.717, 1.165) is 11.6 Å². The second kappa shape index (κ2) is 9.18. The van der Waals surface area contributed by atoms with Crippen molar-refractivity contribution in [2.45, 2.75) is 6.18 Å². The largest absolute Gasteiger partial charge is 0.497 e. The van der Waals surface area contributed by atoms with Crippen molar-refractivity contribution in [3.8, 4) is 5.75 Å². The number of carbonyl (C=O) groups excluding carboxylic acids is 1. The molecular weight excluding hydrogens is 492 g/mol. The molecule has 27 heavy (non-hydrogen) atoms. The highest BCUT2D eigenvalue weighted by Crippen LogP contribution is 2.35. The van der Waals surface area contributed by atoms with Crippen LogP contribution in [-0.2, 0) is 11.0 Å². The second-order valence-electron chi connectivity index (χ2n) is 5.24. The first-order valence-electron chi connectivity index (χ1n) is 7.50. The molecule has 0 heterocycles. The van der Waals surface area contributed by atoms with E-state index in [1.807, 2.05) is 0 Å². The number of benzene rings is 2. The van der Waals surface area contributed by atoms with Crippen LogP contribution in [0.15, 0.2) is 48.5 Å². The van der Waals surface area contributed by atoms with Crippen molar-refractivity contribution in [2.75, 3.05) is 12.4 Å². The van der Waals surface area contributed by atoms with Crippen molar-refractivity contribution in [1.82, 2.24) is 5.32 Å². The maximum Gasteiger partial charge on any atom is 0.418 e. The number of amides is 1. The van der Waals surface area contributed by atoms with E-state index in [-0.39, 0.29) is 10.8 Å². The quantitative estimate of drug-likeness (QED) is 0.354. The number of carbonyl (C=O) groups is 1. The highest BCUT2D eigenvalue weighted by atomic mass is 127. The predicted molar refractivity (Wildman–Crippen MR) is 111 cm³/mol. The molecule has 1 amide bonds. The van der Waals surface area contributed by atoms with Crippen molar-refractivity contribution in [3.63, 3.8) is 0 Å². The molecule has 2 aromatic carbocycles. The lowest BCUT2D eigenvalue weighted by Gasteiger charge is -2.15. The summed E-state index contributed by atoms with van der Waals surface area (Å²) in [5, 5.41) is 4.50. The Morgan fingerprint density at radius 2 is 1.85 bits per heavy atom. The Morgan fingerprint density at radius 1 is 1.19 bits per heavy atom. The van der Waals surface area contributed by atoms with Crippen molar-refractivity contribution < 1.29 is 22.7 Å². The van der Waals surface area contributed by atoms with E-state index in [4.69, 9.17) is 17.0 Å². The van der Waals surface area contributed by atoms with Crippen LogP contribution in [0.4, 0.5) is 18.9 Å². The number of methoxy groups -OCH3 is 1. The summed E-state index contributed by atoms with van der Waals surface area (Å²) >= 11 is 6.72. The van der Waals surface area contributed by atoms with Gasteiger partial charge in [0.15, 0.2) is 5.11 Å². The van der Waals surface area contributed by atoms with Gasteiger partial charge >= 0.3 is 6.18 Å². The summed E-state index contributed by atoms with van der Waals surface area (Å²) in [4.78, 5) is 11.9. The molecule has 0 bridgehead atoms. The van der Waals surface area contributed by atoms with Crippen molar-refractivity contribution in [1.29, 1.82) is 0 Å². The lowest BCUT2D eigenvalue weighted by Crippen LogP contribution is -2.33. The molecule has 0 aromatic heterocycles. The Morgan fingerprint density at radius 3 is 2.44 bits per heavy atom. The van der Waals surface area contributed by atoms with E-state index in [1.54, 1.807) is 60.0 Å². The minimum Gasteiger partial charge on any atom is -0.497 e. The number of ether oxygens (including phenoxy) is 1. The number of rotatable bonds is 4. The van der Waals surface area contributed by atoms with E-state index < -0.39 is 17.6 Å². The molecule has 2 rings (SSSR count). The highest BCUT2D eigenvalue weighted by Gasteiger charge is 2.34. The number of alkyl halides is 3. The maximum atomic E-state index is 13.1. The van der Waals surface area contributed by atoms with Crippen LogP contribution in [0.2, 0.25) is 0 Å². The molecule has 0 unspecified atom stereocenters. The average molecular weight is 506 g/mol. The SMILES string of the molecule is COc1ccc(/C=C/C(=O)NC(=S)Nc2ccc(I)cc2C(F)(F)F)cc1. The summed E-state index contributed by atoms with van der Waals surface area (Å²) in [6.07, 6.45) is -1.77. The smallest absolute Gasteiger partial charge is 0.418 e. The van der Waals surface area contributed by atoms with Gasteiger partial charge in [0.05, 0.1) is 18.4 Å². The molecule has 0 saturated heterocycles. The number of anilines is 1. The molecule has 0 spiro atoms. The zero-order chi connectivity index (χ0) is 20.0. The molecule has 0 aliphatic carbocycles. The van der Waals surface area contributed by atoms with E-state index in [2.05, 4.69) is 10.6 Å². The van der Waals surface area contributed by atoms with Gasteiger partial charge < -0.3 is 10.1 Å². The van der Waals surface area contributed by atoms with Crippen LogP contribution < -0.4 is 15.4 Å². The fraction of sp³-hybridized carbons (Fsp3) is 0.111. The van der Waals surface area contributed by atoms with Crippen LogP contribution in [0.25, 0.3) is 6.08 Å². The summed E-state index contributed by atoms with van der Waals surface area (Å²) in [5.41, 5.74) is -0.339. The van der Waals surface area contributed by atoms with Crippen LogP contribution >= 0.6 is 34.8 Å². The van der Waals surface area contributed by atoms with E-state index >= 15 is 0 Å². The Labute approximate surface area is 172 Å². The summed E-state index contributed by atoms with van der Waals surface area (Å²) in [5.74, 6) is 0.113. The molecule has 4 nitrogen and oxygen atoms in total. The molecule has 142 valence electrons. The minimum absolute atomic E-state index is 0.229. The third-order valence-corrected chi connectivity index (χ3v) is 4.19. The number of nitrogens with one attached hydrogen (secondary N) is 2. The minimum atomic E-state index is -4.54. The first-order chi connectivity index (χ1) is 12.7. The van der Waals surface area contributed by atoms with Crippen molar-refractivity contribution in [2.24, 2.45) is 0 Å². The third kappa shape index (κ3) is 6.51. The topological polar surface area (TPSA) is 50.4 Å². The van der Waals surface area contributed by atoms with Crippen molar-refractivity contribution in [3.05, 3.63) is 63.2 Å². The summed E-state index contributed by atoms with van der Waals surface area (Å²) in [6.45, 7) is 0. The fourth-order valence-corrected chi connectivity index (χ4v) is 2.76. The first-order valence-corrected chi connectivity index (χ1v) is 8.98. The van der Waals surface area contributed by atoms with Crippen LogP contribution in [0.3, 0.4) is 0 Å². The van der Waals surface area contributed by atoms with Gasteiger partial charge in [0.2, 0.25) is 5.91 Å². The monoisotopic (exact) mass is 506 g/mol. The highest BCUT2D eigenvalue weighted by molar-refractivity contribution is 14.1. The average Bonchev–Trinajstić information content (AvgIpc) is 2.61. The van der Waals surface area contributed by atoms with Crippen LogP contribution in [-0.4, -0.2) is 18.1 Å². The molecule has 2 N–H and O–H groups in total. The number of thiocarbonyl (C=S) groups is 1. The number of hydrogen-bond donors (Lipinski definition) is 2. The van der Waals surface area contributed by atoms with Crippen LogP contribution in [0.5, 0.6) is 5.75 Å². The molecule has 0 aliphatic rings. The van der Waals surface area contributed by atoms with Gasteiger partial charge in [0.1, 0.15) is 5.75 Å². The van der Waals surface area contributed by atoms with Gasteiger partial charge in [0.25, 0.3) is 0 Å². The summed E-state index contributed by atoms with van der Waals surface area (Å²) in [7, 11) is 1.55. The second-order valence-corrected chi connectivity index (χ2v) is 6.89. The van der Waals surface area contributed by atoms with Gasteiger partial charge in [-0.3, -0.25) is 10.1 Å². The molecule has 0 atom stereocenters. The van der Waals surface area contributed by atoms with Gasteiger partial charge in [-0.25, -0.2) is 0 Å². The van der Waals surface area contributed by atoms with Crippen molar-refractivity contribution >= 4 is 57.6 Å². The Hall–Kier alpha value is -2.14. The maximum absolute atomic E-state index is 13.1. The molecule has 9 heteroatoms. The van der Waals surface area contributed by atoms with Gasteiger partial charge in [-0.1, -0.05) is 12.1 Å². The Bertz CT molecular complexity index is 868. The van der Waals surface area contributed by atoms with Crippen LogP contribution in [0.1, 0.15) is 11.1 Å². The van der Waals surface area contributed by atoms with Gasteiger partial charge in [0, 0.05) is 9.65 Å². The zero-order valence-electron chi connectivity index (χ0n) is 13.9. The molecule has 0 aliphatic heterocycles. The van der Waals surface area contributed by atoms with Gasteiger partial charge in [-0.15, -0.1) is 0 Å². The standard InChI is InChI=1S/C18H14F3IN2O2S/c1-26-13-6-2-11(3-7-13)4-9-16(25)24-17(27)23-15-8-5-12(22)10-14(15)18(19,20)21/h2-10H,1H3,(H2,23,24,25,27)/b9-4+. The summed E-state index contributed by atoms with van der Waals surface area (Å²) < 4.78 is 44.8. The Kier molecular flexibility index (Phi) is 7.19. The lowest BCUT2D eigenvalue weighted by atomic mass is 10.1. The molecule has 0 saturated carbocycles. The summed E-state index contributed by atoms with van der Waals surface area (Å²) in [6, 6.07) is 10.7. The zero-order valence-corrected chi connectivity index (χ0v) is 16.9. The third-order valence-electron chi connectivity index (χ3n) is 3.31. The van der Waals surface area contributed by atoms with Gasteiger partial charge in [-0.2, -0.15) is 13.2 Å². The van der Waals surface area contributed by atoms with Gasteiger partial charge in [-0.05, 0) is 76.8 Å². The number of hydrogen-bond acceptors (Lipinski definition) is 3. The number of halogens is 4. The predicted octanol–water partition coefficient (Wildman–Crippen LogP) is 4.85.